The molecular weight excluding hydrogens is 359 g/mol. The molecular formula is C22H21FN2OS. The van der Waals surface area contributed by atoms with Gasteiger partial charge in [0.2, 0.25) is 0 Å². The van der Waals surface area contributed by atoms with Gasteiger partial charge in [0, 0.05) is 6.04 Å². The first kappa shape index (κ1) is 18.0. The zero-order valence-corrected chi connectivity index (χ0v) is 15.8. The Morgan fingerprint density at radius 3 is 2.56 bits per heavy atom. The molecule has 2 aromatic carbocycles. The van der Waals surface area contributed by atoms with E-state index in [-0.39, 0.29) is 17.8 Å². The van der Waals surface area contributed by atoms with Gasteiger partial charge in [0.1, 0.15) is 5.82 Å². The number of rotatable bonds is 3. The van der Waals surface area contributed by atoms with Crippen LogP contribution in [0.1, 0.15) is 37.7 Å². The number of carbonyl (C=O) groups excluding carboxylic acids is 1. The first-order chi connectivity index (χ1) is 13.2. The first-order valence-corrected chi connectivity index (χ1v) is 10.1. The molecule has 3 nitrogen and oxygen atoms in total. The SMILES string of the molecule is O=C1/C(=C/c2cccc(F)c2)SC(=Nc2ccccc2)N1C1CCCCC1. The van der Waals surface area contributed by atoms with E-state index in [9.17, 15) is 9.18 Å². The average Bonchev–Trinajstić information content (AvgIpc) is 2.98. The molecule has 1 saturated carbocycles. The van der Waals surface area contributed by atoms with Crippen molar-refractivity contribution >= 4 is 34.6 Å². The van der Waals surface area contributed by atoms with Gasteiger partial charge in [-0.05, 0) is 60.5 Å². The smallest absolute Gasteiger partial charge is 0.267 e. The molecule has 1 amide bonds. The van der Waals surface area contributed by atoms with Crippen LogP contribution in [0.25, 0.3) is 6.08 Å². The average molecular weight is 380 g/mol. The molecule has 1 aliphatic heterocycles. The fourth-order valence-electron chi connectivity index (χ4n) is 3.59. The topological polar surface area (TPSA) is 32.7 Å². The van der Waals surface area contributed by atoms with E-state index in [1.54, 1.807) is 18.2 Å². The summed E-state index contributed by atoms with van der Waals surface area (Å²) in [6.07, 6.45) is 7.28. The molecule has 0 aromatic heterocycles. The number of hydrogen-bond acceptors (Lipinski definition) is 3. The van der Waals surface area contributed by atoms with Gasteiger partial charge in [-0.25, -0.2) is 9.38 Å². The summed E-state index contributed by atoms with van der Waals surface area (Å²) in [4.78, 5) is 20.4. The monoisotopic (exact) mass is 380 g/mol. The van der Waals surface area contributed by atoms with E-state index in [1.165, 1.54) is 30.3 Å². The van der Waals surface area contributed by atoms with Crippen molar-refractivity contribution in [3.8, 4) is 0 Å². The van der Waals surface area contributed by atoms with Gasteiger partial charge in [0.05, 0.1) is 10.6 Å². The number of carbonyl (C=O) groups is 1. The van der Waals surface area contributed by atoms with Crippen LogP contribution in [0, 0.1) is 5.82 Å². The Balaban J connectivity index is 1.69. The fourth-order valence-corrected chi connectivity index (χ4v) is 4.65. The highest BCUT2D eigenvalue weighted by Gasteiger charge is 2.38. The minimum absolute atomic E-state index is 0.0224. The molecule has 5 heteroatoms. The Bertz CT molecular complexity index is 888. The van der Waals surface area contributed by atoms with E-state index >= 15 is 0 Å². The number of thioether (sulfide) groups is 1. The lowest BCUT2D eigenvalue weighted by Crippen LogP contribution is -2.40. The van der Waals surface area contributed by atoms with Crippen LogP contribution >= 0.6 is 11.8 Å². The molecule has 4 rings (SSSR count). The summed E-state index contributed by atoms with van der Waals surface area (Å²) in [7, 11) is 0. The molecule has 0 bridgehead atoms. The van der Waals surface area contributed by atoms with E-state index in [1.807, 2.05) is 35.2 Å². The number of nitrogens with zero attached hydrogens (tertiary/aromatic N) is 2. The van der Waals surface area contributed by atoms with Crippen molar-refractivity contribution in [1.82, 2.24) is 4.90 Å². The molecule has 27 heavy (non-hydrogen) atoms. The first-order valence-electron chi connectivity index (χ1n) is 9.33. The predicted molar refractivity (Wildman–Crippen MR) is 109 cm³/mol. The Labute approximate surface area is 163 Å². The highest BCUT2D eigenvalue weighted by atomic mass is 32.2. The lowest BCUT2D eigenvalue weighted by atomic mass is 9.94. The van der Waals surface area contributed by atoms with Crippen molar-refractivity contribution in [1.29, 1.82) is 0 Å². The third-order valence-corrected chi connectivity index (χ3v) is 5.89. The summed E-state index contributed by atoms with van der Waals surface area (Å²) in [6, 6.07) is 16.2. The van der Waals surface area contributed by atoms with Gasteiger partial charge in [-0.2, -0.15) is 0 Å². The zero-order chi connectivity index (χ0) is 18.6. The Morgan fingerprint density at radius 1 is 1.04 bits per heavy atom. The van der Waals surface area contributed by atoms with Crippen LogP contribution < -0.4 is 0 Å². The molecule has 1 heterocycles. The molecule has 2 aromatic rings. The summed E-state index contributed by atoms with van der Waals surface area (Å²) in [5.74, 6) is -0.326. The highest BCUT2D eigenvalue weighted by Crippen LogP contribution is 2.38. The molecule has 0 atom stereocenters. The van der Waals surface area contributed by atoms with Gasteiger partial charge in [-0.3, -0.25) is 9.69 Å². The number of amides is 1. The van der Waals surface area contributed by atoms with Gasteiger partial charge < -0.3 is 0 Å². The second-order valence-corrected chi connectivity index (χ2v) is 7.87. The van der Waals surface area contributed by atoms with Crippen molar-refractivity contribution < 1.29 is 9.18 Å². The number of halogens is 1. The second kappa shape index (κ2) is 8.09. The number of hydrogen-bond donors (Lipinski definition) is 0. The second-order valence-electron chi connectivity index (χ2n) is 6.86. The summed E-state index contributed by atoms with van der Waals surface area (Å²) in [6.45, 7) is 0. The molecule has 0 spiro atoms. The van der Waals surface area contributed by atoms with Crippen molar-refractivity contribution in [2.45, 2.75) is 38.1 Å². The predicted octanol–water partition coefficient (Wildman–Crippen LogP) is 5.76. The van der Waals surface area contributed by atoms with Crippen molar-refractivity contribution in [3.63, 3.8) is 0 Å². The number of aliphatic imine (C=N–C) groups is 1. The standard InChI is InChI=1S/C22H21FN2OS/c23-17-9-7-8-16(14-17)15-20-21(26)25(19-12-5-2-6-13-19)22(27-20)24-18-10-3-1-4-11-18/h1,3-4,7-11,14-15,19H,2,5-6,12-13H2/b20-15-,24-22?. The maximum Gasteiger partial charge on any atom is 0.267 e. The number of para-hydroxylation sites is 1. The Hall–Kier alpha value is -2.40. The minimum atomic E-state index is -0.304. The molecule has 138 valence electrons. The van der Waals surface area contributed by atoms with Gasteiger partial charge >= 0.3 is 0 Å². The quantitative estimate of drug-likeness (QED) is 0.634. The normalized spacial score (nSPS) is 21.4. The minimum Gasteiger partial charge on any atom is -0.283 e. The molecule has 0 N–H and O–H groups in total. The molecule has 0 unspecified atom stereocenters. The third kappa shape index (κ3) is 4.14. The summed E-state index contributed by atoms with van der Waals surface area (Å²) in [5, 5.41) is 0.723. The van der Waals surface area contributed by atoms with Crippen LogP contribution in [0.2, 0.25) is 0 Å². The van der Waals surface area contributed by atoms with Crippen LogP contribution in [0.4, 0.5) is 10.1 Å². The van der Waals surface area contributed by atoms with E-state index in [0.29, 0.717) is 10.5 Å². The van der Waals surface area contributed by atoms with Crippen molar-refractivity contribution in [3.05, 3.63) is 70.9 Å². The van der Waals surface area contributed by atoms with E-state index in [4.69, 9.17) is 4.99 Å². The van der Waals surface area contributed by atoms with Gasteiger partial charge in [0.15, 0.2) is 5.17 Å². The van der Waals surface area contributed by atoms with Crippen LogP contribution in [0.5, 0.6) is 0 Å². The summed E-state index contributed by atoms with van der Waals surface area (Å²) < 4.78 is 13.5. The highest BCUT2D eigenvalue weighted by molar-refractivity contribution is 8.18. The van der Waals surface area contributed by atoms with Gasteiger partial charge in [-0.1, -0.05) is 49.6 Å². The summed E-state index contributed by atoms with van der Waals surface area (Å²) in [5.41, 5.74) is 1.52. The van der Waals surface area contributed by atoms with Crippen molar-refractivity contribution in [2.75, 3.05) is 0 Å². The maximum atomic E-state index is 13.5. The maximum absolute atomic E-state index is 13.5. The van der Waals surface area contributed by atoms with Crippen LogP contribution in [0.3, 0.4) is 0 Å². The Morgan fingerprint density at radius 2 is 1.81 bits per heavy atom. The van der Waals surface area contributed by atoms with E-state index in [0.717, 1.165) is 36.5 Å². The van der Waals surface area contributed by atoms with E-state index in [2.05, 4.69) is 0 Å². The lowest BCUT2D eigenvalue weighted by molar-refractivity contribution is -0.124. The molecule has 1 saturated heterocycles. The molecule has 2 aliphatic rings. The molecule has 2 fully saturated rings. The van der Waals surface area contributed by atoms with Crippen LogP contribution in [0.15, 0.2) is 64.5 Å². The third-order valence-electron chi connectivity index (χ3n) is 4.90. The lowest BCUT2D eigenvalue weighted by Gasteiger charge is -2.30. The van der Waals surface area contributed by atoms with Crippen LogP contribution in [-0.2, 0) is 4.79 Å². The van der Waals surface area contributed by atoms with Crippen LogP contribution in [-0.4, -0.2) is 22.0 Å². The zero-order valence-electron chi connectivity index (χ0n) is 15.0. The number of benzene rings is 2. The molecule has 0 radical (unpaired) electrons. The Kier molecular flexibility index (Phi) is 5.39. The van der Waals surface area contributed by atoms with E-state index < -0.39 is 0 Å². The van der Waals surface area contributed by atoms with Gasteiger partial charge in [0.25, 0.3) is 5.91 Å². The largest absolute Gasteiger partial charge is 0.283 e. The molecule has 1 aliphatic carbocycles. The number of amidine groups is 1. The van der Waals surface area contributed by atoms with Gasteiger partial charge in [-0.15, -0.1) is 0 Å². The van der Waals surface area contributed by atoms with Crippen molar-refractivity contribution in [2.24, 2.45) is 4.99 Å². The summed E-state index contributed by atoms with van der Waals surface area (Å²) >= 11 is 1.38. The fraction of sp³-hybridized carbons (Fsp3) is 0.273.